The number of rotatable bonds is 16. The molecule has 2 saturated heterocycles. The smallest absolute Gasteiger partial charge is 0.243 e. The summed E-state index contributed by atoms with van der Waals surface area (Å²) in [4.78, 5) is 30.4. The predicted octanol–water partition coefficient (Wildman–Crippen LogP) is 1.38. The summed E-state index contributed by atoms with van der Waals surface area (Å²) in [5.74, 6) is 0.0745. The third-order valence-corrected chi connectivity index (χ3v) is 10.1. The number of methoxy groups -OCH3 is 1. The maximum atomic E-state index is 13.8. The number of hydrogen-bond acceptors (Lipinski definition) is 9. The Morgan fingerprint density at radius 2 is 1.70 bits per heavy atom. The summed E-state index contributed by atoms with van der Waals surface area (Å²) in [6.45, 7) is 6.74. The third kappa shape index (κ3) is 10.2. The van der Waals surface area contributed by atoms with Gasteiger partial charge in [0.2, 0.25) is 21.8 Å². The molecule has 4 rings (SSSR count). The van der Waals surface area contributed by atoms with Gasteiger partial charge in [0, 0.05) is 38.8 Å². The molecule has 13 heteroatoms. The molecule has 0 saturated carbocycles. The van der Waals surface area contributed by atoms with Crippen LogP contribution in [0.3, 0.4) is 0 Å². The molecule has 0 bridgehead atoms. The summed E-state index contributed by atoms with van der Waals surface area (Å²) in [6, 6.07) is 14.7. The van der Waals surface area contributed by atoms with Crippen LogP contribution in [0.5, 0.6) is 5.75 Å². The van der Waals surface area contributed by atoms with Crippen LogP contribution in [0.1, 0.15) is 25.8 Å². The van der Waals surface area contributed by atoms with Crippen LogP contribution in [0.25, 0.3) is 0 Å². The van der Waals surface area contributed by atoms with Crippen molar-refractivity contribution in [2.75, 3.05) is 72.8 Å². The summed E-state index contributed by atoms with van der Waals surface area (Å²) in [7, 11) is -2.46. The number of nitrogens with one attached hydrogen (secondary N) is 1. The van der Waals surface area contributed by atoms with Gasteiger partial charge in [-0.15, -0.1) is 0 Å². The number of sulfonamides is 1. The molecule has 2 aromatic carbocycles. The molecule has 0 radical (unpaired) electrons. The van der Waals surface area contributed by atoms with Crippen LogP contribution >= 0.6 is 0 Å². The van der Waals surface area contributed by atoms with Crippen molar-refractivity contribution in [1.82, 2.24) is 19.4 Å². The van der Waals surface area contributed by atoms with Gasteiger partial charge in [0.25, 0.3) is 0 Å². The molecule has 2 amide bonds. The van der Waals surface area contributed by atoms with E-state index in [-0.39, 0.29) is 61.3 Å². The van der Waals surface area contributed by atoms with Crippen molar-refractivity contribution in [2.24, 2.45) is 5.92 Å². The second-order valence-electron chi connectivity index (χ2n) is 12.2. The van der Waals surface area contributed by atoms with Crippen molar-refractivity contribution in [3.05, 3.63) is 60.2 Å². The van der Waals surface area contributed by atoms with Crippen LogP contribution < -0.4 is 10.1 Å². The molecule has 2 aromatic rings. The number of morpholine rings is 1. The van der Waals surface area contributed by atoms with Crippen molar-refractivity contribution in [3.63, 3.8) is 0 Å². The lowest BCUT2D eigenvalue weighted by atomic mass is 10.0. The average molecular weight is 661 g/mol. The van der Waals surface area contributed by atoms with Gasteiger partial charge in [0.1, 0.15) is 5.75 Å². The minimum Gasteiger partial charge on any atom is -0.497 e. The second kappa shape index (κ2) is 17.2. The van der Waals surface area contributed by atoms with Gasteiger partial charge in [-0.2, -0.15) is 4.31 Å². The first-order chi connectivity index (χ1) is 22.1. The van der Waals surface area contributed by atoms with Crippen LogP contribution in [-0.4, -0.2) is 130 Å². The van der Waals surface area contributed by atoms with E-state index in [0.717, 1.165) is 5.56 Å². The lowest BCUT2D eigenvalue weighted by molar-refractivity contribution is -0.137. The largest absolute Gasteiger partial charge is 0.497 e. The minimum absolute atomic E-state index is 0.0198. The summed E-state index contributed by atoms with van der Waals surface area (Å²) in [5, 5.41) is 14.6. The van der Waals surface area contributed by atoms with Crippen LogP contribution in [0.4, 0.5) is 0 Å². The molecule has 254 valence electrons. The van der Waals surface area contributed by atoms with E-state index in [4.69, 9.17) is 14.2 Å². The highest BCUT2D eigenvalue weighted by Crippen LogP contribution is 2.22. The quantitative estimate of drug-likeness (QED) is 0.274. The number of carbonyl (C=O) groups is 2. The number of carbonyl (C=O) groups excluding carboxylic acids is 2. The Morgan fingerprint density at radius 1 is 1.00 bits per heavy atom. The fraction of sp³-hybridized carbons (Fsp3) is 0.576. The van der Waals surface area contributed by atoms with Gasteiger partial charge in [-0.1, -0.05) is 44.2 Å². The first kappa shape index (κ1) is 35.8. The summed E-state index contributed by atoms with van der Waals surface area (Å²) < 4.78 is 44.9. The van der Waals surface area contributed by atoms with Gasteiger partial charge in [-0.3, -0.25) is 14.5 Å². The normalized spacial score (nSPS) is 18.6. The van der Waals surface area contributed by atoms with Crippen LogP contribution in [-0.2, 0) is 35.5 Å². The monoisotopic (exact) mass is 660 g/mol. The van der Waals surface area contributed by atoms with Crippen molar-refractivity contribution in [1.29, 1.82) is 0 Å². The molecule has 3 atom stereocenters. The molecule has 2 fully saturated rings. The predicted molar refractivity (Wildman–Crippen MR) is 173 cm³/mol. The Kier molecular flexibility index (Phi) is 13.4. The van der Waals surface area contributed by atoms with E-state index in [1.54, 1.807) is 17.0 Å². The molecule has 46 heavy (non-hydrogen) atoms. The Balaban J connectivity index is 1.52. The Hall–Kier alpha value is -3.07. The van der Waals surface area contributed by atoms with Crippen molar-refractivity contribution < 1.29 is 37.3 Å². The minimum atomic E-state index is -3.97. The van der Waals surface area contributed by atoms with Crippen LogP contribution in [0.2, 0.25) is 0 Å². The van der Waals surface area contributed by atoms with E-state index in [9.17, 15) is 23.1 Å². The SMILES string of the molecule is COc1ccc(S(=O)(=O)N(CC(C)C)C[C@@H](O)[C@H](Cc2ccccc2)NC(=O)CN(CC(=O)N2CCOCC2)[C@H]2CCOC2)cc1. The number of hydrogen-bond donors (Lipinski definition) is 2. The number of aliphatic hydroxyl groups is 1. The number of aliphatic hydroxyl groups excluding tert-OH is 1. The maximum Gasteiger partial charge on any atom is 0.243 e. The Labute approximate surface area is 272 Å². The number of amides is 2. The second-order valence-corrected chi connectivity index (χ2v) is 14.2. The molecule has 2 heterocycles. The van der Waals surface area contributed by atoms with E-state index in [2.05, 4.69) is 5.32 Å². The molecule has 0 unspecified atom stereocenters. The van der Waals surface area contributed by atoms with E-state index >= 15 is 0 Å². The highest BCUT2D eigenvalue weighted by molar-refractivity contribution is 7.89. The molecule has 12 nitrogen and oxygen atoms in total. The summed E-state index contributed by atoms with van der Waals surface area (Å²) in [5.41, 5.74) is 0.879. The number of ether oxygens (including phenoxy) is 3. The van der Waals surface area contributed by atoms with Gasteiger partial charge in [-0.05, 0) is 48.6 Å². The lowest BCUT2D eigenvalue weighted by Crippen LogP contribution is -2.55. The van der Waals surface area contributed by atoms with Crippen molar-refractivity contribution in [3.8, 4) is 5.75 Å². The van der Waals surface area contributed by atoms with Gasteiger partial charge >= 0.3 is 0 Å². The third-order valence-electron chi connectivity index (χ3n) is 8.24. The zero-order valence-corrected chi connectivity index (χ0v) is 27.9. The lowest BCUT2D eigenvalue weighted by Gasteiger charge is -2.33. The van der Waals surface area contributed by atoms with Crippen molar-refractivity contribution >= 4 is 21.8 Å². The molecule has 2 aliphatic rings. The molecule has 0 aromatic heterocycles. The highest BCUT2D eigenvalue weighted by Gasteiger charge is 2.33. The average Bonchev–Trinajstić information content (AvgIpc) is 3.60. The Morgan fingerprint density at radius 3 is 2.30 bits per heavy atom. The maximum absolute atomic E-state index is 13.8. The zero-order valence-electron chi connectivity index (χ0n) is 27.0. The number of benzene rings is 2. The van der Waals surface area contributed by atoms with E-state index in [0.29, 0.717) is 51.7 Å². The fourth-order valence-electron chi connectivity index (χ4n) is 5.71. The standard InChI is InChI=1S/C33H48N4O8S/c1-25(2)20-37(46(41,42)29-11-9-28(43-3)10-12-29)21-31(38)30(19-26-7-5-4-6-8-26)34-32(39)22-36(27-13-16-45-24-27)23-33(40)35-14-17-44-18-15-35/h4-12,25,27,30-31,38H,13-24H2,1-3H3,(H,34,39)/t27-,30-,31+/m0/s1. The van der Waals surface area contributed by atoms with Gasteiger partial charge in [0.05, 0.1) is 57.1 Å². The highest BCUT2D eigenvalue weighted by atomic mass is 32.2. The van der Waals surface area contributed by atoms with E-state index in [1.165, 1.54) is 23.5 Å². The molecular formula is C33H48N4O8S. The molecule has 0 spiro atoms. The first-order valence-electron chi connectivity index (χ1n) is 15.9. The van der Waals surface area contributed by atoms with Gasteiger partial charge in [0.15, 0.2) is 0 Å². The number of nitrogens with zero attached hydrogens (tertiary/aromatic N) is 3. The van der Waals surface area contributed by atoms with E-state index < -0.39 is 22.2 Å². The van der Waals surface area contributed by atoms with Gasteiger partial charge < -0.3 is 29.5 Å². The molecule has 2 N–H and O–H groups in total. The van der Waals surface area contributed by atoms with Gasteiger partial charge in [-0.25, -0.2) is 8.42 Å². The Bertz CT molecular complexity index is 1350. The van der Waals surface area contributed by atoms with Crippen LogP contribution in [0.15, 0.2) is 59.5 Å². The summed E-state index contributed by atoms with van der Waals surface area (Å²) in [6.07, 6.45) is -0.243. The zero-order chi connectivity index (χ0) is 33.1. The van der Waals surface area contributed by atoms with Crippen molar-refractivity contribution in [2.45, 2.75) is 49.8 Å². The summed E-state index contributed by atoms with van der Waals surface area (Å²) >= 11 is 0. The first-order valence-corrected chi connectivity index (χ1v) is 17.3. The van der Waals surface area contributed by atoms with Crippen LogP contribution in [0, 0.1) is 5.92 Å². The van der Waals surface area contributed by atoms with E-state index in [1.807, 2.05) is 49.1 Å². The fourth-order valence-corrected chi connectivity index (χ4v) is 7.33. The molecular weight excluding hydrogens is 612 g/mol. The molecule has 2 aliphatic heterocycles. The molecule has 0 aliphatic carbocycles. The topological polar surface area (TPSA) is 138 Å².